The largest absolute Gasteiger partial charge is 0.481 e. The molecule has 0 fully saturated rings. The van der Waals surface area contributed by atoms with Crippen molar-refractivity contribution in [3.05, 3.63) is 41.0 Å². The Hall–Kier alpha value is -1.57. The molecule has 1 aromatic rings. The van der Waals surface area contributed by atoms with Crippen LogP contribution in [0.15, 0.2) is 24.3 Å². The number of carboxylic acid groups (broad SMARTS) is 1. The van der Waals surface area contributed by atoms with Crippen molar-refractivity contribution in [3.8, 4) is 0 Å². The molecule has 2 nitrogen and oxygen atoms in total. The molecule has 82 valence electrons. The normalized spacial score (nSPS) is 21.5. The number of carbonyl (C=O) groups is 1. The van der Waals surface area contributed by atoms with Crippen LogP contribution in [0.3, 0.4) is 0 Å². The van der Waals surface area contributed by atoms with E-state index in [0.29, 0.717) is 5.92 Å². The third-order valence-electron chi connectivity index (χ3n) is 3.70. The van der Waals surface area contributed by atoms with Crippen molar-refractivity contribution in [3.63, 3.8) is 0 Å². The lowest BCUT2D eigenvalue weighted by atomic mass is 9.83. The molecule has 0 saturated carbocycles. The predicted octanol–water partition coefficient (Wildman–Crippen LogP) is 2.98. The topological polar surface area (TPSA) is 37.3 Å². The molecular formula is C14H14O2. The first-order valence-electron chi connectivity index (χ1n) is 5.78. The first-order chi connectivity index (χ1) is 7.75. The Balaban J connectivity index is 2.08. The van der Waals surface area contributed by atoms with Gasteiger partial charge in [-0.15, -0.1) is 0 Å². The summed E-state index contributed by atoms with van der Waals surface area (Å²) in [5.41, 5.74) is 5.05. The number of allylic oxidation sites excluding steroid dienone is 1. The van der Waals surface area contributed by atoms with E-state index in [4.69, 9.17) is 5.11 Å². The van der Waals surface area contributed by atoms with Crippen LogP contribution in [0, 0.1) is 0 Å². The molecule has 2 aliphatic carbocycles. The summed E-state index contributed by atoms with van der Waals surface area (Å²) in [5.74, 6) is -0.0935. The molecule has 2 aliphatic rings. The average molecular weight is 214 g/mol. The summed E-state index contributed by atoms with van der Waals surface area (Å²) < 4.78 is 0. The SMILES string of the molecule is O=C(O)CC1=CCC2CCc3cccc1c32. The van der Waals surface area contributed by atoms with Crippen LogP contribution in [0.25, 0.3) is 5.57 Å². The van der Waals surface area contributed by atoms with Crippen molar-refractivity contribution in [2.45, 2.75) is 31.6 Å². The molecule has 0 aromatic heterocycles. The highest BCUT2D eigenvalue weighted by Crippen LogP contribution is 2.44. The number of benzene rings is 1. The second-order valence-electron chi connectivity index (χ2n) is 4.65. The fourth-order valence-corrected chi connectivity index (χ4v) is 3.03. The number of hydrogen-bond donors (Lipinski definition) is 1. The Morgan fingerprint density at radius 2 is 2.31 bits per heavy atom. The number of aryl methyl sites for hydroxylation is 1. The van der Waals surface area contributed by atoms with Gasteiger partial charge in [0.25, 0.3) is 0 Å². The molecule has 1 aromatic carbocycles. The van der Waals surface area contributed by atoms with Gasteiger partial charge in [-0.25, -0.2) is 0 Å². The highest BCUT2D eigenvalue weighted by Gasteiger charge is 2.28. The average Bonchev–Trinajstić information content (AvgIpc) is 2.67. The Labute approximate surface area is 94.6 Å². The number of carboxylic acids is 1. The van der Waals surface area contributed by atoms with E-state index in [9.17, 15) is 4.79 Å². The van der Waals surface area contributed by atoms with Crippen LogP contribution in [0.4, 0.5) is 0 Å². The Morgan fingerprint density at radius 3 is 3.12 bits per heavy atom. The number of rotatable bonds is 2. The predicted molar refractivity (Wildman–Crippen MR) is 62.4 cm³/mol. The van der Waals surface area contributed by atoms with E-state index < -0.39 is 5.97 Å². The zero-order valence-corrected chi connectivity index (χ0v) is 9.07. The fraction of sp³-hybridized carbons (Fsp3) is 0.357. The molecule has 1 atom stereocenters. The minimum Gasteiger partial charge on any atom is -0.481 e. The summed E-state index contributed by atoms with van der Waals surface area (Å²) in [4.78, 5) is 10.8. The fourth-order valence-electron chi connectivity index (χ4n) is 3.03. The molecule has 0 aliphatic heterocycles. The van der Waals surface area contributed by atoms with Crippen LogP contribution in [0.2, 0.25) is 0 Å². The van der Waals surface area contributed by atoms with Gasteiger partial charge in [-0.1, -0.05) is 24.3 Å². The number of aliphatic carboxylic acids is 1. The van der Waals surface area contributed by atoms with Gasteiger partial charge in [-0.3, -0.25) is 4.79 Å². The standard InChI is InChI=1S/C14H14O2/c15-13(16)8-11-7-6-10-5-4-9-2-1-3-12(11)14(9)10/h1-3,7,10H,4-6,8H2,(H,15,16). The van der Waals surface area contributed by atoms with E-state index in [0.717, 1.165) is 18.4 Å². The highest BCUT2D eigenvalue weighted by molar-refractivity contribution is 5.86. The zero-order chi connectivity index (χ0) is 11.1. The lowest BCUT2D eigenvalue weighted by molar-refractivity contribution is -0.135. The second kappa shape index (κ2) is 3.48. The van der Waals surface area contributed by atoms with Crippen molar-refractivity contribution in [2.75, 3.05) is 0 Å². The van der Waals surface area contributed by atoms with E-state index in [1.54, 1.807) is 0 Å². The molecule has 2 heteroatoms. The van der Waals surface area contributed by atoms with Gasteiger partial charge >= 0.3 is 5.97 Å². The van der Waals surface area contributed by atoms with Gasteiger partial charge < -0.3 is 5.11 Å². The second-order valence-corrected chi connectivity index (χ2v) is 4.65. The van der Waals surface area contributed by atoms with E-state index in [1.807, 2.05) is 0 Å². The van der Waals surface area contributed by atoms with Gasteiger partial charge in [0.15, 0.2) is 0 Å². The minimum absolute atomic E-state index is 0.156. The minimum atomic E-state index is -0.736. The van der Waals surface area contributed by atoms with Gasteiger partial charge in [0, 0.05) is 0 Å². The molecule has 3 rings (SSSR count). The molecule has 0 heterocycles. The summed E-state index contributed by atoms with van der Waals surface area (Å²) in [5, 5.41) is 8.90. The monoisotopic (exact) mass is 214 g/mol. The molecule has 0 radical (unpaired) electrons. The summed E-state index contributed by atoms with van der Waals surface area (Å²) >= 11 is 0. The Bertz CT molecular complexity index is 486. The van der Waals surface area contributed by atoms with Crippen molar-refractivity contribution in [2.24, 2.45) is 0 Å². The molecule has 1 N–H and O–H groups in total. The molecule has 0 saturated heterocycles. The van der Waals surface area contributed by atoms with Crippen LogP contribution in [0.1, 0.15) is 41.9 Å². The molecule has 0 amide bonds. The van der Waals surface area contributed by atoms with Gasteiger partial charge in [0.1, 0.15) is 0 Å². The smallest absolute Gasteiger partial charge is 0.307 e. The third kappa shape index (κ3) is 1.37. The van der Waals surface area contributed by atoms with E-state index in [2.05, 4.69) is 24.3 Å². The van der Waals surface area contributed by atoms with Crippen LogP contribution in [-0.4, -0.2) is 11.1 Å². The van der Waals surface area contributed by atoms with Crippen LogP contribution in [-0.2, 0) is 11.2 Å². The van der Waals surface area contributed by atoms with Crippen molar-refractivity contribution in [1.82, 2.24) is 0 Å². The first-order valence-corrected chi connectivity index (χ1v) is 5.78. The maximum atomic E-state index is 10.8. The van der Waals surface area contributed by atoms with Crippen LogP contribution in [0.5, 0.6) is 0 Å². The Kier molecular flexibility index (Phi) is 2.10. The van der Waals surface area contributed by atoms with Crippen LogP contribution >= 0.6 is 0 Å². The van der Waals surface area contributed by atoms with E-state index in [1.165, 1.54) is 23.1 Å². The first kappa shape index (κ1) is 9.64. The van der Waals surface area contributed by atoms with Crippen molar-refractivity contribution < 1.29 is 9.90 Å². The maximum Gasteiger partial charge on any atom is 0.307 e. The van der Waals surface area contributed by atoms with Crippen molar-refractivity contribution in [1.29, 1.82) is 0 Å². The summed E-state index contributed by atoms with van der Waals surface area (Å²) in [6.07, 6.45) is 5.68. The maximum absolute atomic E-state index is 10.8. The Morgan fingerprint density at radius 1 is 1.44 bits per heavy atom. The summed E-state index contributed by atoms with van der Waals surface area (Å²) in [6, 6.07) is 6.31. The lowest BCUT2D eigenvalue weighted by Crippen LogP contribution is -2.06. The summed E-state index contributed by atoms with van der Waals surface area (Å²) in [7, 11) is 0. The van der Waals surface area contributed by atoms with Crippen LogP contribution < -0.4 is 0 Å². The van der Waals surface area contributed by atoms with Gasteiger partial charge in [0.2, 0.25) is 0 Å². The molecular weight excluding hydrogens is 200 g/mol. The quantitative estimate of drug-likeness (QED) is 0.821. The summed E-state index contributed by atoms with van der Waals surface area (Å²) in [6.45, 7) is 0. The van der Waals surface area contributed by atoms with Gasteiger partial charge in [-0.05, 0) is 47.4 Å². The van der Waals surface area contributed by atoms with E-state index >= 15 is 0 Å². The highest BCUT2D eigenvalue weighted by atomic mass is 16.4. The lowest BCUT2D eigenvalue weighted by Gasteiger charge is -2.21. The van der Waals surface area contributed by atoms with Gasteiger partial charge in [0.05, 0.1) is 6.42 Å². The molecule has 16 heavy (non-hydrogen) atoms. The third-order valence-corrected chi connectivity index (χ3v) is 3.70. The van der Waals surface area contributed by atoms with Gasteiger partial charge in [-0.2, -0.15) is 0 Å². The zero-order valence-electron chi connectivity index (χ0n) is 9.07. The van der Waals surface area contributed by atoms with E-state index in [-0.39, 0.29) is 6.42 Å². The molecule has 0 spiro atoms. The van der Waals surface area contributed by atoms with Crippen molar-refractivity contribution >= 4 is 11.5 Å². The molecule has 0 bridgehead atoms. The molecule has 1 unspecified atom stereocenters. The number of hydrogen-bond acceptors (Lipinski definition) is 1.